The van der Waals surface area contributed by atoms with E-state index in [0.717, 1.165) is 18.9 Å². The molecular formula is C14H19FN2O3. The van der Waals surface area contributed by atoms with Crippen molar-refractivity contribution >= 4 is 11.4 Å². The van der Waals surface area contributed by atoms with Gasteiger partial charge >= 0.3 is 0 Å². The molecule has 2 rings (SSSR count). The molecule has 1 aromatic carbocycles. The van der Waals surface area contributed by atoms with Gasteiger partial charge in [-0.1, -0.05) is 13.8 Å². The van der Waals surface area contributed by atoms with E-state index >= 15 is 0 Å². The summed E-state index contributed by atoms with van der Waals surface area (Å²) in [7, 11) is 0. The molecule has 5 nitrogen and oxygen atoms in total. The first-order valence-corrected chi connectivity index (χ1v) is 6.79. The molecule has 1 aliphatic rings. The average Bonchev–Trinajstić information content (AvgIpc) is 2.41. The van der Waals surface area contributed by atoms with Gasteiger partial charge in [-0.25, -0.2) is 4.39 Å². The normalized spacial score (nSPS) is 22.8. The SMILES string of the molecule is CC(C)C1CC(Nc2cc([N+](=O)[O-])ccc2F)CCO1. The van der Waals surface area contributed by atoms with E-state index in [4.69, 9.17) is 4.74 Å². The maximum atomic E-state index is 13.7. The topological polar surface area (TPSA) is 64.4 Å². The van der Waals surface area contributed by atoms with Gasteiger partial charge in [-0.15, -0.1) is 0 Å². The van der Waals surface area contributed by atoms with Gasteiger partial charge in [0, 0.05) is 24.8 Å². The van der Waals surface area contributed by atoms with Crippen LogP contribution in [0.15, 0.2) is 18.2 Å². The van der Waals surface area contributed by atoms with Crippen molar-refractivity contribution < 1.29 is 14.1 Å². The lowest BCUT2D eigenvalue weighted by molar-refractivity contribution is -0.384. The van der Waals surface area contributed by atoms with Crippen molar-refractivity contribution in [1.29, 1.82) is 0 Å². The van der Waals surface area contributed by atoms with Crippen LogP contribution in [0.2, 0.25) is 0 Å². The summed E-state index contributed by atoms with van der Waals surface area (Å²) in [6.07, 6.45) is 1.69. The Morgan fingerprint density at radius 2 is 2.25 bits per heavy atom. The zero-order chi connectivity index (χ0) is 14.7. The molecule has 1 heterocycles. The first-order chi connectivity index (χ1) is 9.47. The fourth-order valence-electron chi connectivity index (χ4n) is 2.38. The Bertz CT molecular complexity index is 493. The van der Waals surface area contributed by atoms with Crippen LogP contribution in [-0.4, -0.2) is 23.7 Å². The predicted octanol–water partition coefficient (Wildman–Crippen LogP) is 3.35. The van der Waals surface area contributed by atoms with Crippen LogP contribution in [0.4, 0.5) is 15.8 Å². The molecule has 1 N–H and O–H groups in total. The van der Waals surface area contributed by atoms with Crippen molar-refractivity contribution in [1.82, 2.24) is 0 Å². The summed E-state index contributed by atoms with van der Waals surface area (Å²) in [5, 5.41) is 13.8. The first kappa shape index (κ1) is 14.7. The molecule has 0 spiro atoms. The fourth-order valence-corrected chi connectivity index (χ4v) is 2.38. The lowest BCUT2D eigenvalue weighted by Crippen LogP contribution is -2.36. The third kappa shape index (κ3) is 3.45. The van der Waals surface area contributed by atoms with E-state index in [-0.39, 0.29) is 23.5 Å². The number of ether oxygens (including phenoxy) is 1. The van der Waals surface area contributed by atoms with E-state index in [1.54, 1.807) is 0 Å². The highest BCUT2D eigenvalue weighted by Crippen LogP contribution is 2.26. The lowest BCUT2D eigenvalue weighted by atomic mass is 9.95. The summed E-state index contributed by atoms with van der Waals surface area (Å²) >= 11 is 0. The van der Waals surface area contributed by atoms with Gasteiger partial charge in [-0.05, 0) is 24.8 Å². The Kier molecular flexibility index (Phi) is 4.54. The standard InChI is InChI=1S/C14H19FN2O3/c1-9(2)14-7-10(5-6-20-14)16-13-8-11(17(18)19)3-4-12(13)15/h3-4,8-10,14,16H,5-7H2,1-2H3. The Labute approximate surface area is 117 Å². The second-order valence-corrected chi connectivity index (χ2v) is 5.44. The van der Waals surface area contributed by atoms with Gasteiger partial charge in [-0.3, -0.25) is 10.1 Å². The molecule has 1 aliphatic heterocycles. The molecule has 0 radical (unpaired) electrons. The molecule has 0 aromatic heterocycles. The van der Waals surface area contributed by atoms with Gasteiger partial charge < -0.3 is 10.1 Å². The average molecular weight is 282 g/mol. The van der Waals surface area contributed by atoms with Gasteiger partial charge in [0.15, 0.2) is 0 Å². The minimum atomic E-state index is -0.522. The van der Waals surface area contributed by atoms with Crippen LogP contribution in [0.5, 0.6) is 0 Å². The van der Waals surface area contributed by atoms with Crippen LogP contribution in [0.3, 0.4) is 0 Å². The van der Waals surface area contributed by atoms with Gasteiger partial charge in [-0.2, -0.15) is 0 Å². The Hall–Kier alpha value is -1.69. The summed E-state index contributed by atoms with van der Waals surface area (Å²) < 4.78 is 19.4. The van der Waals surface area contributed by atoms with E-state index in [0.29, 0.717) is 12.5 Å². The van der Waals surface area contributed by atoms with Crippen LogP contribution >= 0.6 is 0 Å². The zero-order valence-electron chi connectivity index (χ0n) is 11.6. The van der Waals surface area contributed by atoms with Crippen LogP contribution in [0, 0.1) is 21.8 Å². The molecule has 0 amide bonds. The van der Waals surface area contributed by atoms with Gasteiger partial charge in [0.1, 0.15) is 5.82 Å². The molecule has 0 bridgehead atoms. The molecule has 110 valence electrons. The van der Waals surface area contributed by atoms with E-state index in [2.05, 4.69) is 19.2 Å². The molecule has 0 saturated carbocycles. The molecule has 2 unspecified atom stereocenters. The number of rotatable bonds is 4. The van der Waals surface area contributed by atoms with E-state index in [1.807, 2.05) is 0 Å². The summed E-state index contributed by atoms with van der Waals surface area (Å²) in [5.74, 6) is -0.0715. The van der Waals surface area contributed by atoms with Crippen LogP contribution in [0.1, 0.15) is 26.7 Å². The lowest BCUT2D eigenvalue weighted by Gasteiger charge is -2.32. The number of nitrogens with one attached hydrogen (secondary N) is 1. The number of nitrogens with zero attached hydrogens (tertiary/aromatic N) is 1. The number of nitro groups is 1. The van der Waals surface area contributed by atoms with Crippen molar-refractivity contribution in [2.24, 2.45) is 5.92 Å². The molecule has 20 heavy (non-hydrogen) atoms. The van der Waals surface area contributed by atoms with Crippen LogP contribution in [0.25, 0.3) is 0 Å². The van der Waals surface area contributed by atoms with Crippen molar-refractivity contribution in [3.63, 3.8) is 0 Å². The minimum Gasteiger partial charge on any atom is -0.380 e. The number of anilines is 1. The fraction of sp³-hybridized carbons (Fsp3) is 0.571. The molecule has 0 aliphatic carbocycles. The second-order valence-electron chi connectivity index (χ2n) is 5.44. The van der Waals surface area contributed by atoms with Gasteiger partial charge in [0.2, 0.25) is 0 Å². The minimum absolute atomic E-state index is 0.0765. The number of hydrogen-bond donors (Lipinski definition) is 1. The second kappa shape index (κ2) is 6.17. The Balaban J connectivity index is 2.09. The molecular weight excluding hydrogens is 263 g/mol. The highest BCUT2D eigenvalue weighted by atomic mass is 19.1. The third-order valence-corrected chi connectivity index (χ3v) is 3.58. The number of nitro benzene ring substituents is 1. The summed E-state index contributed by atoms with van der Waals surface area (Å²) in [5.41, 5.74) is 0.0787. The monoisotopic (exact) mass is 282 g/mol. The molecule has 6 heteroatoms. The Morgan fingerprint density at radius 3 is 2.90 bits per heavy atom. The van der Waals surface area contributed by atoms with E-state index in [9.17, 15) is 14.5 Å². The summed E-state index contributed by atoms with van der Waals surface area (Å²) in [6, 6.07) is 3.61. The number of hydrogen-bond acceptors (Lipinski definition) is 4. The largest absolute Gasteiger partial charge is 0.380 e. The molecule has 2 atom stereocenters. The zero-order valence-corrected chi connectivity index (χ0v) is 11.6. The predicted molar refractivity (Wildman–Crippen MR) is 74.3 cm³/mol. The van der Waals surface area contributed by atoms with Crippen LogP contribution < -0.4 is 5.32 Å². The number of non-ortho nitro benzene ring substituents is 1. The highest BCUT2D eigenvalue weighted by Gasteiger charge is 2.25. The van der Waals surface area contributed by atoms with Crippen molar-refractivity contribution in [2.45, 2.75) is 38.8 Å². The van der Waals surface area contributed by atoms with Gasteiger partial charge in [0.25, 0.3) is 5.69 Å². The first-order valence-electron chi connectivity index (χ1n) is 6.79. The molecule has 1 saturated heterocycles. The summed E-state index contributed by atoms with van der Waals surface area (Å²) in [6.45, 7) is 4.79. The maximum absolute atomic E-state index is 13.7. The summed E-state index contributed by atoms with van der Waals surface area (Å²) in [4.78, 5) is 10.2. The van der Waals surface area contributed by atoms with Gasteiger partial charge in [0.05, 0.1) is 16.7 Å². The van der Waals surface area contributed by atoms with Crippen molar-refractivity contribution in [2.75, 3.05) is 11.9 Å². The third-order valence-electron chi connectivity index (χ3n) is 3.58. The maximum Gasteiger partial charge on any atom is 0.271 e. The van der Waals surface area contributed by atoms with Crippen molar-refractivity contribution in [3.8, 4) is 0 Å². The highest BCUT2D eigenvalue weighted by molar-refractivity contribution is 5.52. The van der Waals surface area contributed by atoms with E-state index in [1.165, 1.54) is 12.1 Å². The van der Waals surface area contributed by atoms with E-state index < -0.39 is 10.7 Å². The molecule has 1 fully saturated rings. The van der Waals surface area contributed by atoms with Crippen LogP contribution in [-0.2, 0) is 4.74 Å². The smallest absolute Gasteiger partial charge is 0.271 e. The number of benzene rings is 1. The number of halogens is 1. The molecule has 1 aromatic rings. The Morgan fingerprint density at radius 1 is 1.50 bits per heavy atom. The quantitative estimate of drug-likeness (QED) is 0.679. The van der Waals surface area contributed by atoms with Crippen molar-refractivity contribution in [3.05, 3.63) is 34.1 Å².